The van der Waals surface area contributed by atoms with Gasteiger partial charge in [-0.05, 0) is 69.3 Å². The number of benzene rings is 4. The predicted molar refractivity (Wildman–Crippen MR) is 138 cm³/mol. The van der Waals surface area contributed by atoms with E-state index in [-0.39, 0.29) is 5.41 Å². The lowest BCUT2D eigenvalue weighted by Crippen LogP contribution is -2.31. The van der Waals surface area contributed by atoms with E-state index in [4.69, 9.17) is 11.6 Å². The van der Waals surface area contributed by atoms with Crippen molar-refractivity contribution in [2.24, 2.45) is 0 Å². The van der Waals surface area contributed by atoms with Crippen LogP contribution < -0.4 is 0 Å². The van der Waals surface area contributed by atoms with E-state index >= 15 is 0 Å². The lowest BCUT2D eigenvalue weighted by molar-refractivity contribution is 0.125. The zero-order chi connectivity index (χ0) is 23.2. The van der Waals surface area contributed by atoms with Gasteiger partial charge in [0.2, 0.25) is 0 Å². The summed E-state index contributed by atoms with van der Waals surface area (Å²) in [6.45, 7) is 6.66. The van der Waals surface area contributed by atoms with E-state index in [0.717, 1.165) is 40.7 Å². The molecule has 0 saturated heterocycles. The first-order valence-corrected chi connectivity index (χ1v) is 12.0. The molecule has 1 nitrogen and oxygen atoms in total. The lowest BCUT2D eigenvalue weighted by atomic mass is 9.74. The van der Waals surface area contributed by atoms with Crippen LogP contribution in [0.4, 0.5) is 0 Å². The Labute approximate surface area is 201 Å². The number of hydrogen-bond donors (Lipinski definition) is 1. The lowest BCUT2D eigenvalue weighted by Gasteiger charge is -2.34. The maximum atomic E-state index is 12.9. The first kappa shape index (κ1) is 21.9. The van der Waals surface area contributed by atoms with Crippen molar-refractivity contribution in [2.45, 2.75) is 44.6 Å². The number of halogens is 1. The average Bonchev–Trinajstić information content (AvgIpc) is 2.94. The van der Waals surface area contributed by atoms with Crippen LogP contribution in [0.3, 0.4) is 0 Å². The van der Waals surface area contributed by atoms with Crippen LogP contribution in [0, 0.1) is 0 Å². The largest absolute Gasteiger partial charge is 0.376 e. The highest BCUT2D eigenvalue weighted by atomic mass is 35.5. The molecule has 2 heteroatoms. The van der Waals surface area contributed by atoms with Crippen molar-refractivity contribution in [1.82, 2.24) is 0 Å². The zero-order valence-corrected chi connectivity index (χ0v) is 20.2. The first-order valence-electron chi connectivity index (χ1n) is 11.6. The molecule has 1 unspecified atom stereocenters. The zero-order valence-electron chi connectivity index (χ0n) is 19.4. The third kappa shape index (κ3) is 3.80. The van der Waals surface area contributed by atoms with E-state index in [1.165, 1.54) is 16.7 Å². The van der Waals surface area contributed by atoms with Crippen LogP contribution in [0.2, 0.25) is 5.02 Å². The molecule has 1 aliphatic rings. The van der Waals surface area contributed by atoms with Crippen molar-refractivity contribution in [2.75, 3.05) is 0 Å². The Bertz CT molecular complexity index is 1330. The number of rotatable bonds is 2. The van der Waals surface area contributed by atoms with E-state index in [9.17, 15) is 5.11 Å². The summed E-state index contributed by atoms with van der Waals surface area (Å²) in [6, 6.07) is 31.1. The maximum Gasteiger partial charge on any atom is 0.141 e. The molecule has 0 spiro atoms. The smallest absolute Gasteiger partial charge is 0.141 e. The standard InChI is InChI=1S/C31H29ClO/c1-30(2,3)24-18-17-22-16-15-21-9-4-6-13-27(21)31(33,29(22)20-24)28-14-7-5-12-26(28)23-10-8-11-25(32)19-23/h4-14,17-20,33H,15-16H2,1-3H3. The highest BCUT2D eigenvalue weighted by molar-refractivity contribution is 6.30. The van der Waals surface area contributed by atoms with Crippen LogP contribution in [-0.4, -0.2) is 5.11 Å². The van der Waals surface area contributed by atoms with Crippen LogP contribution in [0.15, 0.2) is 91.0 Å². The Balaban J connectivity index is 1.86. The third-order valence-corrected chi connectivity index (χ3v) is 7.12. The average molecular weight is 453 g/mol. The fraction of sp³-hybridized carbons (Fsp3) is 0.226. The predicted octanol–water partition coefficient (Wildman–Crippen LogP) is 7.69. The molecule has 0 bridgehead atoms. The molecule has 0 radical (unpaired) electrons. The minimum absolute atomic E-state index is 0.0196. The van der Waals surface area contributed by atoms with E-state index in [2.05, 4.69) is 75.4 Å². The fourth-order valence-electron chi connectivity index (χ4n) is 5.10. The molecule has 4 aromatic carbocycles. The van der Waals surface area contributed by atoms with Crippen molar-refractivity contribution < 1.29 is 5.11 Å². The van der Waals surface area contributed by atoms with Gasteiger partial charge in [-0.15, -0.1) is 0 Å². The van der Waals surface area contributed by atoms with Gasteiger partial charge in [0, 0.05) is 10.6 Å². The second kappa shape index (κ2) is 8.17. The fourth-order valence-corrected chi connectivity index (χ4v) is 5.29. The summed E-state index contributed by atoms with van der Waals surface area (Å²) in [5.41, 5.74) is 7.13. The normalized spacial score (nSPS) is 17.7. The molecule has 1 atom stereocenters. The molecule has 166 valence electrons. The van der Waals surface area contributed by atoms with Gasteiger partial charge in [-0.25, -0.2) is 0 Å². The molecule has 0 aliphatic heterocycles. The van der Waals surface area contributed by atoms with E-state index in [0.29, 0.717) is 5.02 Å². The van der Waals surface area contributed by atoms with Crippen molar-refractivity contribution in [1.29, 1.82) is 0 Å². The van der Waals surface area contributed by atoms with Crippen LogP contribution in [0.25, 0.3) is 11.1 Å². The van der Waals surface area contributed by atoms with E-state index < -0.39 is 5.60 Å². The second-order valence-corrected chi connectivity index (χ2v) is 10.5. The van der Waals surface area contributed by atoms with Gasteiger partial charge < -0.3 is 5.11 Å². The summed E-state index contributed by atoms with van der Waals surface area (Å²) >= 11 is 6.36. The van der Waals surface area contributed by atoms with Gasteiger partial charge in [0.05, 0.1) is 0 Å². The molecular formula is C31H29ClO. The van der Waals surface area contributed by atoms with Gasteiger partial charge in [0.15, 0.2) is 0 Å². The molecule has 0 amide bonds. The summed E-state index contributed by atoms with van der Waals surface area (Å²) < 4.78 is 0. The number of fused-ring (bicyclic) bond motifs is 2. The Kier molecular flexibility index (Phi) is 5.43. The Morgan fingerprint density at radius 2 is 1.36 bits per heavy atom. The molecule has 0 fully saturated rings. The number of aliphatic hydroxyl groups is 1. The Morgan fingerprint density at radius 3 is 2.09 bits per heavy atom. The summed E-state index contributed by atoms with van der Waals surface area (Å²) in [7, 11) is 0. The minimum atomic E-state index is -1.28. The van der Waals surface area contributed by atoms with E-state index in [1.54, 1.807) is 0 Å². The maximum absolute atomic E-state index is 12.9. The second-order valence-electron chi connectivity index (χ2n) is 10.0. The summed E-state index contributed by atoms with van der Waals surface area (Å²) in [5.74, 6) is 0. The van der Waals surface area contributed by atoms with Crippen molar-refractivity contribution in [3.8, 4) is 11.1 Å². The Hall–Kier alpha value is -2.87. The Morgan fingerprint density at radius 1 is 0.697 bits per heavy atom. The summed E-state index contributed by atoms with van der Waals surface area (Å²) in [4.78, 5) is 0. The highest BCUT2D eigenvalue weighted by Gasteiger charge is 2.41. The monoisotopic (exact) mass is 452 g/mol. The minimum Gasteiger partial charge on any atom is -0.376 e. The number of hydrogen-bond acceptors (Lipinski definition) is 1. The summed E-state index contributed by atoms with van der Waals surface area (Å²) in [6.07, 6.45) is 1.80. The van der Waals surface area contributed by atoms with Crippen molar-refractivity contribution in [3.05, 3.63) is 129 Å². The SMILES string of the molecule is CC(C)(C)c1ccc2c(c1)C(O)(c1ccccc1-c1cccc(Cl)c1)c1ccccc1CC2. The topological polar surface area (TPSA) is 20.2 Å². The van der Waals surface area contributed by atoms with Gasteiger partial charge in [-0.3, -0.25) is 0 Å². The molecule has 5 rings (SSSR count). The molecule has 1 aliphatic carbocycles. The van der Waals surface area contributed by atoms with Crippen LogP contribution in [-0.2, 0) is 23.9 Å². The molecular weight excluding hydrogens is 424 g/mol. The molecule has 1 N–H and O–H groups in total. The summed E-state index contributed by atoms with van der Waals surface area (Å²) in [5, 5.41) is 13.6. The van der Waals surface area contributed by atoms with Crippen LogP contribution >= 0.6 is 11.6 Å². The quantitative estimate of drug-likeness (QED) is 0.330. The van der Waals surface area contributed by atoms with Gasteiger partial charge in [0.1, 0.15) is 5.60 Å². The van der Waals surface area contributed by atoms with Crippen LogP contribution in [0.5, 0.6) is 0 Å². The van der Waals surface area contributed by atoms with E-state index in [1.807, 2.05) is 36.4 Å². The van der Waals surface area contributed by atoms with Gasteiger partial charge in [0.25, 0.3) is 0 Å². The van der Waals surface area contributed by atoms with Gasteiger partial charge in [-0.2, -0.15) is 0 Å². The van der Waals surface area contributed by atoms with Crippen LogP contribution in [0.1, 0.15) is 54.2 Å². The first-order chi connectivity index (χ1) is 15.8. The molecule has 4 aromatic rings. The van der Waals surface area contributed by atoms with Crippen molar-refractivity contribution >= 4 is 11.6 Å². The molecule has 33 heavy (non-hydrogen) atoms. The van der Waals surface area contributed by atoms with Gasteiger partial charge >= 0.3 is 0 Å². The molecule has 0 heterocycles. The molecule has 0 aromatic heterocycles. The van der Waals surface area contributed by atoms with Crippen molar-refractivity contribution in [3.63, 3.8) is 0 Å². The highest BCUT2D eigenvalue weighted by Crippen LogP contribution is 2.47. The number of aryl methyl sites for hydroxylation is 2. The van der Waals surface area contributed by atoms with Gasteiger partial charge in [-0.1, -0.05) is 111 Å². The third-order valence-electron chi connectivity index (χ3n) is 6.89. The molecule has 0 saturated carbocycles.